The van der Waals surface area contributed by atoms with Crippen LogP contribution in [0.25, 0.3) is 0 Å². The Morgan fingerprint density at radius 2 is 2.18 bits per heavy atom. The average Bonchev–Trinajstić information content (AvgIpc) is 3.20. The van der Waals surface area contributed by atoms with E-state index < -0.39 is 0 Å². The van der Waals surface area contributed by atoms with Gasteiger partial charge in [0.15, 0.2) is 0 Å². The van der Waals surface area contributed by atoms with E-state index >= 15 is 0 Å². The summed E-state index contributed by atoms with van der Waals surface area (Å²) < 4.78 is 0. The van der Waals surface area contributed by atoms with Gasteiger partial charge in [-0.3, -0.25) is 4.79 Å². The number of amides is 1. The number of anilines is 1. The molecule has 1 aliphatic heterocycles. The van der Waals surface area contributed by atoms with Gasteiger partial charge in [-0.05, 0) is 68.5 Å². The van der Waals surface area contributed by atoms with Gasteiger partial charge in [-0.1, -0.05) is 6.07 Å². The third-order valence-corrected chi connectivity index (χ3v) is 6.28. The van der Waals surface area contributed by atoms with Crippen LogP contribution < -0.4 is 10.2 Å². The second kappa shape index (κ2) is 9.70. The fourth-order valence-corrected chi connectivity index (χ4v) is 4.51. The first-order chi connectivity index (χ1) is 13.6. The Kier molecular flexibility index (Phi) is 7.05. The minimum Gasteiger partial charge on any atom is -0.356 e. The van der Waals surface area contributed by atoms with Gasteiger partial charge in [0, 0.05) is 36.6 Å². The maximum atomic E-state index is 12.1. The maximum Gasteiger partial charge on any atom is 0.220 e. The monoisotopic (exact) mass is 396 g/mol. The molecule has 28 heavy (non-hydrogen) atoms. The standard InChI is InChI=1S/C22H28N4OS/c1-16-13-17(2)25-22(20(16)14-23)26-10-8-18(9-11-26)15-24-21(27)7-3-5-19-6-4-12-28-19/h4,6,12-13,18H,3,5,7-11,15H2,1-2H3,(H,24,27). The first-order valence-corrected chi connectivity index (χ1v) is 10.9. The van der Waals surface area contributed by atoms with Gasteiger partial charge < -0.3 is 10.2 Å². The molecular weight excluding hydrogens is 368 g/mol. The Labute approximate surface area is 171 Å². The second-order valence-corrected chi connectivity index (χ2v) is 8.59. The van der Waals surface area contributed by atoms with E-state index in [1.54, 1.807) is 11.3 Å². The van der Waals surface area contributed by atoms with Crippen molar-refractivity contribution >= 4 is 23.1 Å². The highest BCUT2D eigenvalue weighted by atomic mass is 32.1. The largest absolute Gasteiger partial charge is 0.356 e. The van der Waals surface area contributed by atoms with E-state index in [0.717, 1.165) is 62.4 Å². The Hall–Kier alpha value is -2.39. The Bertz CT molecular complexity index is 833. The molecule has 0 atom stereocenters. The van der Waals surface area contributed by atoms with Crippen LogP contribution in [0.1, 0.15) is 47.4 Å². The molecule has 0 saturated carbocycles. The summed E-state index contributed by atoms with van der Waals surface area (Å²) in [4.78, 5) is 20.3. The number of aryl methyl sites for hydroxylation is 3. The van der Waals surface area contributed by atoms with Gasteiger partial charge >= 0.3 is 0 Å². The van der Waals surface area contributed by atoms with Crippen molar-refractivity contribution < 1.29 is 4.79 Å². The van der Waals surface area contributed by atoms with Crippen molar-refractivity contribution in [3.8, 4) is 6.07 Å². The molecule has 5 nitrogen and oxygen atoms in total. The highest BCUT2D eigenvalue weighted by Crippen LogP contribution is 2.26. The van der Waals surface area contributed by atoms with E-state index in [0.29, 0.717) is 17.9 Å². The molecule has 6 heteroatoms. The van der Waals surface area contributed by atoms with Gasteiger partial charge in [-0.15, -0.1) is 11.3 Å². The third-order valence-electron chi connectivity index (χ3n) is 5.35. The summed E-state index contributed by atoms with van der Waals surface area (Å²) in [6, 6.07) is 8.45. The zero-order valence-electron chi connectivity index (χ0n) is 16.7. The SMILES string of the molecule is Cc1cc(C)c(C#N)c(N2CCC(CNC(=O)CCCc3cccs3)CC2)n1. The number of carbonyl (C=O) groups excluding carboxylic acids is 1. The first kappa shape index (κ1) is 20.3. The summed E-state index contributed by atoms with van der Waals surface area (Å²) in [5.41, 5.74) is 2.62. The van der Waals surface area contributed by atoms with Crippen molar-refractivity contribution in [2.24, 2.45) is 5.92 Å². The summed E-state index contributed by atoms with van der Waals surface area (Å²) in [5, 5.41) is 14.7. The number of nitrogens with one attached hydrogen (secondary N) is 1. The number of rotatable bonds is 7. The van der Waals surface area contributed by atoms with Crippen LogP contribution in [0.2, 0.25) is 0 Å². The van der Waals surface area contributed by atoms with Crippen molar-refractivity contribution in [3.05, 3.63) is 45.3 Å². The molecule has 148 valence electrons. The van der Waals surface area contributed by atoms with Crippen molar-refractivity contribution in [2.45, 2.75) is 46.0 Å². The summed E-state index contributed by atoms with van der Waals surface area (Å²) in [5.74, 6) is 1.46. The normalized spacial score (nSPS) is 14.7. The van der Waals surface area contributed by atoms with E-state index in [1.165, 1.54) is 4.88 Å². The van der Waals surface area contributed by atoms with Crippen molar-refractivity contribution in [1.29, 1.82) is 5.26 Å². The lowest BCUT2D eigenvalue weighted by Crippen LogP contribution is -2.39. The van der Waals surface area contributed by atoms with Crippen LogP contribution in [0.3, 0.4) is 0 Å². The van der Waals surface area contributed by atoms with Gasteiger partial charge in [-0.25, -0.2) is 4.98 Å². The highest BCUT2D eigenvalue weighted by Gasteiger charge is 2.23. The molecule has 0 radical (unpaired) electrons. The highest BCUT2D eigenvalue weighted by molar-refractivity contribution is 7.09. The number of aromatic nitrogens is 1. The van der Waals surface area contributed by atoms with Crippen LogP contribution >= 0.6 is 11.3 Å². The van der Waals surface area contributed by atoms with E-state index in [1.807, 2.05) is 19.9 Å². The quantitative estimate of drug-likeness (QED) is 0.768. The van der Waals surface area contributed by atoms with Crippen LogP contribution in [-0.2, 0) is 11.2 Å². The summed E-state index contributed by atoms with van der Waals surface area (Å²) in [6.07, 6.45) is 4.49. The first-order valence-electron chi connectivity index (χ1n) is 9.99. The topological polar surface area (TPSA) is 69.0 Å². The van der Waals surface area contributed by atoms with Crippen LogP contribution in [-0.4, -0.2) is 30.5 Å². The fourth-order valence-electron chi connectivity index (χ4n) is 3.76. The molecule has 0 aliphatic carbocycles. The Morgan fingerprint density at radius 3 is 2.86 bits per heavy atom. The number of thiophene rings is 1. The Morgan fingerprint density at radius 1 is 1.39 bits per heavy atom. The molecule has 2 aromatic rings. The lowest BCUT2D eigenvalue weighted by Gasteiger charge is -2.33. The second-order valence-electron chi connectivity index (χ2n) is 7.56. The number of nitrogens with zero attached hydrogens (tertiary/aromatic N) is 3. The fraction of sp³-hybridized carbons (Fsp3) is 0.500. The molecule has 3 heterocycles. The molecule has 1 N–H and O–H groups in total. The number of carbonyl (C=O) groups is 1. The smallest absolute Gasteiger partial charge is 0.220 e. The molecule has 1 aliphatic rings. The van der Waals surface area contributed by atoms with Crippen LogP contribution in [0.5, 0.6) is 0 Å². The number of hydrogen-bond donors (Lipinski definition) is 1. The molecule has 0 bridgehead atoms. The van der Waals surface area contributed by atoms with Gasteiger partial charge in [0.25, 0.3) is 0 Å². The number of pyridine rings is 1. The number of nitriles is 1. The molecule has 0 spiro atoms. The van der Waals surface area contributed by atoms with Crippen molar-refractivity contribution in [3.63, 3.8) is 0 Å². The zero-order chi connectivity index (χ0) is 19.9. The van der Waals surface area contributed by atoms with E-state index in [2.05, 4.69) is 38.8 Å². The molecule has 3 rings (SSSR count). The van der Waals surface area contributed by atoms with Gasteiger partial charge in [0.2, 0.25) is 5.91 Å². The lowest BCUT2D eigenvalue weighted by atomic mass is 9.96. The van der Waals surface area contributed by atoms with Crippen LogP contribution in [0.15, 0.2) is 23.6 Å². The van der Waals surface area contributed by atoms with Gasteiger partial charge in [-0.2, -0.15) is 5.26 Å². The molecule has 1 amide bonds. The minimum atomic E-state index is 0.154. The average molecular weight is 397 g/mol. The van der Waals surface area contributed by atoms with E-state index in [9.17, 15) is 10.1 Å². The summed E-state index contributed by atoms with van der Waals surface area (Å²) >= 11 is 1.75. The number of piperidine rings is 1. The van der Waals surface area contributed by atoms with Gasteiger partial charge in [0.05, 0.1) is 5.56 Å². The molecule has 1 fully saturated rings. The molecule has 0 aromatic carbocycles. The summed E-state index contributed by atoms with van der Waals surface area (Å²) in [6.45, 7) is 6.44. The Balaban J connectivity index is 1.42. The lowest BCUT2D eigenvalue weighted by molar-refractivity contribution is -0.121. The number of hydrogen-bond acceptors (Lipinski definition) is 5. The predicted octanol–water partition coefficient (Wildman–Crippen LogP) is 3.99. The maximum absolute atomic E-state index is 12.1. The predicted molar refractivity (Wildman–Crippen MR) is 114 cm³/mol. The van der Waals surface area contributed by atoms with E-state index in [-0.39, 0.29) is 5.91 Å². The molecular formula is C22H28N4OS. The summed E-state index contributed by atoms with van der Waals surface area (Å²) in [7, 11) is 0. The van der Waals surface area contributed by atoms with Crippen molar-refractivity contribution in [2.75, 3.05) is 24.5 Å². The van der Waals surface area contributed by atoms with Gasteiger partial charge in [0.1, 0.15) is 11.9 Å². The zero-order valence-corrected chi connectivity index (χ0v) is 17.5. The molecule has 1 saturated heterocycles. The molecule has 0 unspecified atom stereocenters. The van der Waals surface area contributed by atoms with E-state index in [4.69, 9.17) is 0 Å². The van der Waals surface area contributed by atoms with Crippen LogP contribution in [0.4, 0.5) is 5.82 Å². The third kappa shape index (κ3) is 5.32. The minimum absolute atomic E-state index is 0.154. The molecule has 2 aromatic heterocycles. The van der Waals surface area contributed by atoms with Crippen molar-refractivity contribution in [1.82, 2.24) is 10.3 Å². The van der Waals surface area contributed by atoms with Crippen LogP contribution in [0, 0.1) is 31.1 Å².